The van der Waals surface area contributed by atoms with Gasteiger partial charge in [-0.05, 0) is 45.0 Å². The third kappa shape index (κ3) is 4.15. The summed E-state index contributed by atoms with van der Waals surface area (Å²) in [5.41, 5.74) is 1.36. The van der Waals surface area contributed by atoms with E-state index in [1.807, 2.05) is 20.8 Å². The van der Waals surface area contributed by atoms with Crippen LogP contribution in [0.1, 0.15) is 38.1 Å². The zero-order valence-corrected chi connectivity index (χ0v) is 13.6. The lowest BCUT2D eigenvalue weighted by molar-refractivity contribution is -0.114. The quantitative estimate of drug-likeness (QED) is 0.867. The van der Waals surface area contributed by atoms with E-state index in [2.05, 4.69) is 10.2 Å². The van der Waals surface area contributed by atoms with E-state index in [4.69, 9.17) is 4.74 Å². The van der Waals surface area contributed by atoms with Crippen LogP contribution in [0.25, 0.3) is 0 Å². The molecule has 0 aliphatic carbocycles. The molecule has 1 amide bonds. The fraction of sp³-hybridized carbons (Fsp3) is 0.529. The van der Waals surface area contributed by atoms with Crippen molar-refractivity contribution in [3.05, 3.63) is 29.8 Å². The van der Waals surface area contributed by atoms with Gasteiger partial charge in [-0.25, -0.2) is 0 Å². The van der Waals surface area contributed by atoms with Crippen molar-refractivity contribution in [2.75, 3.05) is 18.4 Å². The number of Topliss-reactive ketones (excluding diaryl/α,β-unsaturated/α-hetero) is 1. The number of carbonyl (C=O) groups is 2. The molecule has 3 atom stereocenters. The zero-order chi connectivity index (χ0) is 16.3. The molecule has 5 nitrogen and oxygen atoms in total. The highest BCUT2D eigenvalue weighted by atomic mass is 16.5. The molecule has 1 aromatic carbocycles. The predicted octanol–water partition coefficient (Wildman–Crippen LogP) is 2.33. The first kappa shape index (κ1) is 16.6. The van der Waals surface area contributed by atoms with E-state index in [1.165, 1.54) is 6.92 Å². The third-order valence-corrected chi connectivity index (χ3v) is 3.86. The summed E-state index contributed by atoms with van der Waals surface area (Å²) >= 11 is 0. The molecule has 1 heterocycles. The second-order valence-corrected chi connectivity index (χ2v) is 6.01. The number of hydrogen-bond acceptors (Lipinski definition) is 4. The SMILES string of the molecule is CC(=O)Nc1ccc(C(=O)[C@H](C)N2C[C@H](C)O[C@@H](C)C2)cc1. The molecule has 0 bridgehead atoms. The molecule has 0 saturated carbocycles. The number of rotatable bonds is 4. The van der Waals surface area contributed by atoms with Gasteiger partial charge in [0.05, 0.1) is 18.2 Å². The molecule has 5 heteroatoms. The van der Waals surface area contributed by atoms with Crippen LogP contribution in [0.15, 0.2) is 24.3 Å². The average Bonchev–Trinajstić information content (AvgIpc) is 2.45. The van der Waals surface area contributed by atoms with Gasteiger partial charge in [-0.2, -0.15) is 0 Å². The Labute approximate surface area is 131 Å². The monoisotopic (exact) mass is 304 g/mol. The smallest absolute Gasteiger partial charge is 0.221 e. The highest BCUT2D eigenvalue weighted by Crippen LogP contribution is 2.18. The van der Waals surface area contributed by atoms with Gasteiger partial charge in [-0.3, -0.25) is 14.5 Å². The molecule has 1 aromatic rings. The Kier molecular flexibility index (Phi) is 5.32. The Morgan fingerprint density at radius 1 is 1.18 bits per heavy atom. The largest absolute Gasteiger partial charge is 0.373 e. The van der Waals surface area contributed by atoms with E-state index < -0.39 is 0 Å². The minimum atomic E-state index is -0.180. The van der Waals surface area contributed by atoms with Crippen molar-refractivity contribution in [3.63, 3.8) is 0 Å². The van der Waals surface area contributed by atoms with E-state index in [0.29, 0.717) is 11.3 Å². The Hall–Kier alpha value is -1.72. The lowest BCUT2D eigenvalue weighted by atomic mass is 10.0. The van der Waals surface area contributed by atoms with Crippen LogP contribution in [0.2, 0.25) is 0 Å². The highest BCUT2D eigenvalue weighted by Gasteiger charge is 2.29. The molecular formula is C17H24N2O3. The van der Waals surface area contributed by atoms with E-state index >= 15 is 0 Å². The number of nitrogens with one attached hydrogen (secondary N) is 1. The van der Waals surface area contributed by atoms with Crippen molar-refractivity contribution < 1.29 is 14.3 Å². The minimum absolute atomic E-state index is 0.0932. The number of ether oxygens (including phenoxy) is 1. The number of anilines is 1. The normalized spacial score (nSPS) is 23.8. The summed E-state index contributed by atoms with van der Waals surface area (Å²) in [6.07, 6.45) is 0.280. The van der Waals surface area contributed by atoms with Crippen LogP contribution >= 0.6 is 0 Å². The summed E-state index contributed by atoms with van der Waals surface area (Å²) in [6, 6.07) is 6.85. The predicted molar refractivity (Wildman–Crippen MR) is 86.1 cm³/mol. The first-order valence-electron chi connectivity index (χ1n) is 7.68. The Bertz CT molecular complexity index is 531. The lowest BCUT2D eigenvalue weighted by Gasteiger charge is -2.38. The average molecular weight is 304 g/mol. The first-order valence-corrected chi connectivity index (χ1v) is 7.68. The van der Waals surface area contributed by atoms with Crippen molar-refractivity contribution in [2.24, 2.45) is 0 Å². The highest BCUT2D eigenvalue weighted by molar-refractivity contribution is 6.00. The van der Waals surface area contributed by atoms with Gasteiger partial charge in [-0.1, -0.05) is 0 Å². The topological polar surface area (TPSA) is 58.6 Å². The van der Waals surface area contributed by atoms with Crippen LogP contribution in [0, 0.1) is 0 Å². The number of carbonyl (C=O) groups excluding carboxylic acids is 2. The Morgan fingerprint density at radius 2 is 1.73 bits per heavy atom. The van der Waals surface area contributed by atoms with Gasteiger partial charge in [0, 0.05) is 31.3 Å². The van der Waals surface area contributed by atoms with Gasteiger partial charge < -0.3 is 10.1 Å². The molecule has 120 valence electrons. The van der Waals surface area contributed by atoms with Crippen LogP contribution in [0.5, 0.6) is 0 Å². The van der Waals surface area contributed by atoms with E-state index in [1.54, 1.807) is 24.3 Å². The van der Waals surface area contributed by atoms with Crippen LogP contribution in [0.4, 0.5) is 5.69 Å². The van der Waals surface area contributed by atoms with E-state index in [0.717, 1.165) is 13.1 Å². The molecule has 1 fully saturated rings. The second-order valence-electron chi connectivity index (χ2n) is 6.01. The summed E-state index contributed by atoms with van der Waals surface area (Å²) in [6.45, 7) is 8.99. The number of ketones is 1. The van der Waals surface area contributed by atoms with Gasteiger partial charge in [-0.15, -0.1) is 0 Å². The van der Waals surface area contributed by atoms with Crippen LogP contribution in [-0.4, -0.2) is 47.9 Å². The first-order chi connectivity index (χ1) is 10.4. The van der Waals surface area contributed by atoms with Gasteiger partial charge in [0.15, 0.2) is 5.78 Å². The summed E-state index contributed by atoms with van der Waals surface area (Å²) in [5.74, 6) is -0.0283. The fourth-order valence-corrected chi connectivity index (χ4v) is 2.86. The van der Waals surface area contributed by atoms with Crippen molar-refractivity contribution >= 4 is 17.4 Å². The Morgan fingerprint density at radius 3 is 2.23 bits per heavy atom. The third-order valence-electron chi connectivity index (χ3n) is 3.86. The summed E-state index contributed by atoms with van der Waals surface area (Å²) < 4.78 is 5.71. The second kappa shape index (κ2) is 7.03. The molecule has 0 spiro atoms. The summed E-state index contributed by atoms with van der Waals surface area (Å²) in [7, 11) is 0. The zero-order valence-electron chi connectivity index (χ0n) is 13.6. The van der Waals surface area contributed by atoms with Crippen molar-refractivity contribution in [3.8, 4) is 0 Å². The number of morpholine rings is 1. The maximum absolute atomic E-state index is 12.6. The van der Waals surface area contributed by atoms with Gasteiger partial charge >= 0.3 is 0 Å². The maximum Gasteiger partial charge on any atom is 0.221 e. The summed E-state index contributed by atoms with van der Waals surface area (Å²) in [5, 5.41) is 2.70. The van der Waals surface area contributed by atoms with Gasteiger partial charge in [0.1, 0.15) is 0 Å². The molecule has 0 aromatic heterocycles. The molecule has 1 aliphatic rings. The Balaban J connectivity index is 2.05. The molecular weight excluding hydrogens is 280 g/mol. The van der Waals surface area contributed by atoms with E-state index in [9.17, 15) is 9.59 Å². The van der Waals surface area contributed by atoms with Gasteiger partial charge in [0.2, 0.25) is 5.91 Å². The lowest BCUT2D eigenvalue weighted by Crippen LogP contribution is -2.51. The standard InChI is InChI=1S/C17H24N2O3/c1-11-9-19(10-12(2)22-11)13(3)17(21)15-5-7-16(8-6-15)18-14(4)20/h5-8,11-13H,9-10H2,1-4H3,(H,18,20)/t11-,12-,13-/m0/s1. The van der Waals surface area contributed by atoms with Crippen LogP contribution < -0.4 is 5.32 Å². The van der Waals surface area contributed by atoms with Crippen molar-refractivity contribution in [2.45, 2.75) is 45.9 Å². The van der Waals surface area contributed by atoms with Crippen LogP contribution in [0.3, 0.4) is 0 Å². The fourth-order valence-electron chi connectivity index (χ4n) is 2.86. The number of nitrogens with zero attached hydrogens (tertiary/aromatic N) is 1. The molecule has 22 heavy (non-hydrogen) atoms. The van der Waals surface area contributed by atoms with Crippen molar-refractivity contribution in [1.82, 2.24) is 4.90 Å². The number of benzene rings is 1. The number of amides is 1. The molecule has 2 rings (SSSR count). The van der Waals surface area contributed by atoms with E-state index in [-0.39, 0.29) is 29.9 Å². The minimum Gasteiger partial charge on any atom is -0.373 e. The van der Waals surface area contributed by atoms with Crippen LogP contribution in [-0.2, 0) is 9.53 Å². The molecule has 1 aliphatic heterocycles. The number of hydrogen-bond donors (Lipinski definition) is 1. The van der Waals surface area contributed by atoms with Crippen molar-refractivity contribution in [1.29, 1.82) is 0 Å². The molecule has 1 N–H and O–H groups in total. The van der Waals surface area contributed by atoms with Gasteiger partial charge in [0.25, 0.3) is 0 Å². The molecule has 1 saturated heterocycles. The maximum atomic E-state index is 12.6. The molecule has 0 radical (unpaired) electrons. The molecule has 0 unspecified atom stereocenters. The summed E-state index contributed by atoms with van der Waals surface area (Å²) in [4.78, 5) is 25.8.